The van der Waals surface area contributed by atoms with E-state index in [0.29, 0.717) is 0 Å². The molecule has 16 heavy (non-hydrogen) atoms. The van der Waals surface area contributed by atoms with Gasteiger partial charge in [-0.15, -0.1) is 0 Å². The third-order valence-electron chi connectivity index (χ3n) is 2.74. The van der Waals surface area contributed by atoms with Crippen LogP contribution in [-0.4, -0.2) is 9.97 Å². The normalized spacial score (nSPS) is 10.7. The Hall–Kier alpha value is -1.09. The number of nitrogens with zero attached hydrogens (tertiary/aromatic N) is 1. The predicted molar refractivity (Wildman–Crippen MR) is 69.6 cm³/mol. The van der Waals surface area contributed by atoms with Gasteiger partial charge in [0, 0.05) is 16.6 Å². The molecular formula is C13H15BrN2. The zero-order valence-corrected chi connectivity index (χ0v) is 11.1. The van der Waals surface area contributed by atoms with Gasteiger partial charge in [-0.1, -0.05) is 28.1 Å². The molecule has 1 aromatic heterocycles. The van der Waals surface area contributed by atoms with Gasteiger partial charge in [-0.3, -0.25) is 0 Å². The number of hydrogen-bond donors (Lipinski definition) is 1. The number of aromatic nitrogens is 2. The number of benzene rings is 1. The highest BCUT2D eigenvalue weighted by Gasteiger charge is 2.02. The highest BCUT2D eigenvalue weighted by molar-refractivity contribution is 9.10. The maximum atomic E-state index is 4.48. The summed E-state index contributed by atoms with van der Waals surface area (Å²) in [5, 5.41) is 0. The summed E-state index contributed by atoms with van der Waals surface area (Å²) in [4.78, 5) is 7.78. The molecule has 0 fully saturated rings. The second kappa shape index (κ2) is 4.83. The van der Waals surface area contributed by atoms with Crippen LogP contribution in [0.2, 0.25) is 0 Å². The summed E-state index contributed by atoms with van der Waals surface area (Å²) in [6.45, 7) is 4.10. The minimum absolute atomic E-state index is 0.969. The number of aromatic amines is 1. The third kappa shape index (κ3) is 2.73. The maximum absolute atomic E-state index is 4.48. The fourth-order valence-electron chi connectivity index (χ4n) is 1.65. The van der Waals surface area contributed by atoms with Crippen molar-refractivity contribution in [2.75, 3.05) is 0 Å². The molecule has 0 atom stereocenters. The molecule has 0 spiro atoms. The molecule has 0 saturated heterocycles. The molecule has 0 aliphatic rings. The Morgan fingerprint density at radius 3 is 2.38 bits per heavy atom. The monoisotopic (exact) mass is 278 g/mol. The molecule has 0 unspecified atom stereocenters. The van der Waals surface area contributed by atoms with Crippen LogP contribution in [0.25, 0.3) is 0 Å². The van der Waals surface area contributed by atoms with Gasteiger partial charge in [0.1, 0.15) is 5.82 Å². The SMILES string of the molecule is Cc1nc(CCc2ccc(Br)cc2)[nH]c1C. The first kappa shape index (κ1) is 11.4. The van der Waals surface area contributed by atoms with Gasteiger partial charge in [0.2, 0.25) is 0 Å². The highest BCUT2D eigenvalue weighted by Crippen LogP contribution is 2.12. The molecule has 1 heterocycles. The number of rotatable bonds is 3. The first-order valence-electron chi connectivity index (χ1n) is 5.41. The summed E-state index contributed by atoms with van der Waals surface area (Å²) >= 11 is 3.44. The lowest BCUT2D eigenvalue weighted by atomic mass is 10.1. The molecule has 1 N–H and O–H groups in total. The van der Waals surface area contributed by atoms with Crippen LogP contribution in [0.15, 0.2) is 28.7 Å². The highest BCUT2D eigenvalue weighted by atomic mass is 79.9. The van der Waals surface area contributed by atoms with Crippen LogP contribution in [-0.2, 0) is 12.8 Å². The molecule has 0 bridgehead atoms. The van der Waals surface area contributed by atoms with Crippen molar-refractivity contribution >= 4 is 15.9 Å². The molecule has 0 aliphatic heterocycles. The number of hydrogen-bond acceptors (Lipinski definition) is 1. The number of nitrogens with one attached hydrogen (secondary N) is 1. The molecule has 0 radical (unpaired) electrons. The van der Waals surface area contributed by atoms with Gasteiger partial charge < -0.3 is 4.98 Å². The average Bonchev–Trinajstić information content (AvgIpc) is 2.58. The van der Waals surface area contributed by atoms with Crippen LogP contribution in [0.5, 0.6) is 0 Å². The van der Waals surface area contributed by atoms with E-state index in [4.69, 9.17) is 0 Å². The van der Waals surface area contributed by atoms with Crippen molar-refractivity contribution in [2.24, 2.45) is 0 Å². The van der Waals surface area contributed by atoms with E-state index in [1.54, 1.807) is 0 Å². The fourth-order valence-corrected chi connectivity index (χ4v) is 1.92. The number of imidazole rings is 1. The molecule has 2 aromatic rings. The third-order valence-corrected chi connectivity index (χ3v) is 3.27. The first-order valence-corrected chi connectivity index (χ1v) is 6.21. The summed E-state index contributed by atoms with van der Waals surface area (Å²) in [5.74, 6) is 1.08. The lowest BCUT2D eigenvalue weighted by Gasteiger charge is -1.99. The van der Waals surface area contributed by atoms with Crippen molar-refractivity contribution in [1.29, 1.82) is 0 Å². The van der Waals surface area contributed by atoms with E-state index in [9.17, 15) is 0 Å². The minimum atomic E-state index is 0.969. The Morgan fingerprint density at radius 2 is 1.81 bits per heavy atom. The van der Waals surface area contributed by atoms with Crippen LogP contribution in [0.1, 0.15) is 22.8 Å². The lowest BCUT2D eigenvalue weighted by Crippen LogP contribution is -1.93. The molecule has 2 rings (SSSR count). The zero-order valence-electron chi connectivity index (χ0n) is 9.55. The van der Waals surface area contributed by atoms with Crippen molar-refractivity contribution in [3.8, 4) is 0 Å². The van der Waals surface area contributed by atoms with Crippen LogP contribution in [0, 0.1) is 13.8 Å². The smallest absolute Gasteiger partial charge is 0.106 e. The lowest BCUT2D eigenvalue weighted by molar-refractivity contribution is 0.878. The van der Waals surface area contributed by atoms with Gasteiger partial charge in [-0.2, -0.15) is 0 Å². The predicted octanol–water partition coefficient (Wildman–Crippen LogP) is 3.57. The molecule has 3 heteroatoms. The Bertz CT molecular complexity index is 452. The Kier molecular flexibility index (Phi) is 3.44. The Balaban J connectivity index is 1.99. The molecule has 1 aromatic carbocycles. The largest absolute Gasteiger partial charge is 0.346 e. The maximum Gasteiger partial charge on any atom is 0.106 e. The van der Waals surface area contributed by atoms with E-state index in [1.165, 1.54) is 11.3 Å². The zero-order chi connectivity index (χ0) is 11.5. The second-order valence-electron chi connectivity index (χ2n) is 4.02. The molecule has 84 valence electrons. The summed E-state index contributed by atoms with van der Waals surface area (Å²) in [5.41, 5.74) is 3.62. The molecule has 0 saturated carbocycles. The van der Waals surface area contributed by atoms with E-state index in [-0.39, 0.29) is 0 Å². The van der Waals surface area contributed by atoms with Gasteiger partial charge in [-0.25, -0.2) is 4.98 Å². The van der Waals surface area contributed by atoms with Gasteiger partial charge in [0.05, 0.1) is 5.69 Å². The van der Waals surface area contributed by atoms with Crippen molar-refractivity contribution in [1.82, 2.24) is 9.97 Å². The topological polar surface area (TPSA) is 28.7 Å². The Morgan fingerprint density at radius 1 is 1.12 bits per heavy atom. The van der Waals surface area contributed by atoms with Crippen LogP contribution in [0.4, 0.5) is 0 Å². The standard InChI is InChI=1S/C13H15BrN2/c1-9-10(2)16-13(15-9)8-5-11-3-6-12(14)7-4-11/h3-4,6-7H,5,8H2,1-2H3,(H,15,16). The number of aryl methyl sites for hydroxylation is 4. The van der Waals surface area contributed by atoms with Crippen LogP contribution >= 0.6 is 15.9 Å². The summed E-state index contributed by atoms with van der Waals surface area (Å²) in [7, 11) is 0. The molecule has 0 aliphatic carbocycles. The summed E-state index contributed by atoms with van der Waals surface area (Å²) in [6.07, 6.45) is 2.00. The van der Waals surface area contributed by atoms with Gasteiger partial charge >= 0.3 is 0 Å². The molecular weight excluding hydrogens is 264 g/mol. The first-order chi connectivity index (χ1) is 7.65. The fraction of sp³-hybridized carbons (Fsp3) is 0.308. The number of H-pyrrole nitrogens is 1. The molecule has 0 amide bonds. The van der Waals surface area contributed by atoms with Crippen molar-refractivity contribution < 1.29 is 0 Å². The Labute approximate surface area is 104 Å². The van der Waals surface area contributed by atoms with E-state index in [0.717, 1.165) is 28.8 Å². The van der Waals surface area contributed by atoms with Crippen molar-refractivity contribution in [3.63, 3.8) is 0 Å². The van der Waals surface area contributed by atoms with Gasteiger partial charge in [-0.05, 0) is 38.0 Å². The molecule has 2 nitrogen and oxygen atoms in total. The summed E-state index contributed by atoms with van der Waals surface area (Å²) < 4.78 is 1.13. The summed E-state index contributed by atoms with van der Waals surface area (Å²) in [6, 6.07) is 8.45. The quantitative estimate of drug-likeness (QED) is 0.914. The number of halogens is 1. The minimum Gasteiger partial charge on any atom is -0.346 e. The van der Waals surface area contributed by atoms with Crippen molar-refractivity contribution in [2.45, 2.75) is 26.7 Å². The average molecular weight is 279 g/mol. The van der Waals surface area contributed by atoms with Crippen LogP contribution in [0.3, 0.4) is 0 Å². The van der Waals surface area contributed by atoms with E-state index in [1.807, 2.05) is 6.92 Å². The van der Waals surface area contributed by atoms with Gasteiger partial charge in [0.15, 0.2) is 0 Å². The second-order valence-corrected chi connectivity index (χ2v) is 4.94. The van der Waals surface area contributed by atoms with Crippen molar-refractivity contribution in [3.05, 3.63) is 51.5 Å². The van der Waals surface area contributed by atoms with Gasteiger partial charge in [0.25, 0.3) is 0 Å². The van der Waals surface area contributed by atoms with Crippen LogP contribution < -0.4 is 0 Å². The van der Waals surface area contributed by atoms with E-state index < -0.39 is 0 Å². The van der Waals surface area contributed by atoms with E-state index >= 15 is 0 Å². The van der Waals surface area contributed by atoms with E-state index in [2.05, 4.69) is 57.1 Å².